The lowest BCUT2D eigenvalue weighted by molar-refractivity contribution is 0.445. The van der Waals surface area contributed by atoms with Crippen LogP contribution in [0.25, 0.3) is 118 Å². The summed E-state index contributed by atoms with van der Waals surface area (Å²) in [4.78, 5) is 0. The highest BCUT2D eigenvalue weighted by atomic mass is 32.1. The van der Waals surface area contributed by atoms with Crippen LogP contribution in [0.1, 0.15) is 43.6 Å². The molecule has 0 aliphatic heterocycles. The Balaban J connectivity index is 1.21. The van der Waals surface area contributed by atoms with Crippen molar-refractivity contribution in [3.8, 4) is 33.6 Å². The van der Waals surface area contributed by atoms with Crippen molar-refractivity contribution in [2.45, 2.75) is 38.0 Å². The first-order valence-corrected chi connectivity index (χ1v) is 24.6. The smallest absolute Gasteiger partial charge is 0.123 e. The van der Waals surface area contributed by atoms with Gasteiger partial charge in [-0.2, -0.15) is 0 Å². The molecule has 9 aromatic carbocycles. The second-order valence-electron chi connectivity index (χ2n) is 18.0. The van der Waals surface area contributed by atoms with Crippen LogP contribution >= 0.6 is 22.7 Å². The van der Waals surface area contributed by atoms with Crippen LogP contribution < -0.4 is 0 Å². The highest BCUT2D eigenvalue weighted by Gasteiger charge is 2.32. The van der Waals surface area contributed by atoms with Gasteiger partial charge >= 0.3 is 0 Å². The normalized spacial score (nSPS) is 13.8. The highest BCUT2D eigenvalue weighted by Crippen LogP contribution is 2.53. The molecule has 0 N–H and O–H groups in total. The van der Waals surface area contributed by atoms with Gasteiger partial charge in [-0.25, -0.2) is 8.78 Å². The summed E-state index contributed by atoms with van der Waals surface area (Å²) >= 11 is 3.72. The Morgan fingerprint density at radius 2 is 0.818 bits per heavy atom. The number of aromatic nitrogens is 2. The summed E-state index contributed by atoms with van der Waals surface area (Å²) in [6, 6.07) is 61.1. The lowest BCUT2D eigenvalue weighted by atomic mass is 9.76. The predicted octanol–water partition coefficient (Wildman–Crippen LogP) is 18.3. The van der Waals surface area contributed by atoms with E-state index in [0.29, 0.717) is 0 Å². The fraction of sp³-hybridized carbons (Fsp3) is 0.100. The second kappa shape index (κ2) is 14.7. The van der Waals surface area contributed by atoms with E-state index >= 15 is 8.78 Å². The Kier molecular flexibility index (Phi) is 8.50. The molecule has 2 nitrogen and oxygen atoms in total. The molecule has 0 bridgehead atoms. The van der Waals surface area contributed by atoms with Gasteiger partial charge < -0.3 is 9.13 Å². The standard InChI is InChI=1S/C60H40F2N2S2/c61-38-26-22-36(23-27-38)54-50(63-46-18-8-4-16-44(46)57-48(63)32-30-42-40-14-6-10-20-52(40)65-59(42)57)34-51(55(37-24-28-39(62)29-25-37)56(54)35-12-2-1-3-13-35)64-47-19-9-5-17-45(47)58-49(64)33-31-43-41-15-7-11-21-53(41)66-60(43)58/h4-11,14-35H,1-3,12-13H2. The van der Waals surface area contributed by atoms with Gasteiger partial charge in [0.15, 0.2) is 0 Å². The molecular formula is C60H40F2N2S2. The van der Waals surface area contributed by atoms with E-state index in [2.05, 4.69) is 137 Å². The molecule has 4 aromatic heterocycles. The zero-order chi connectivity index (χ0) is 43.6. The molecule has 0 unspecified atom stereocenters. The number of halogens is 2. The molecule has 6 heteroatoms. The van der Waals surface area contributed by atoms with Crippen molar-refractivity contribution in [2.24, 2.45) is 0 Å². The molecule has 4 heterocycles. The van der Waals surface area contributed by atoms with Gasteiger partial charge in [-0.3, -0.25) is 0 Å². The molecule has 1 fully saturated rings. The van der Waals surface area contributed by atoms with Gasteiger partial charge in [-0.1, -0.05) is 128 Å². The van der Waals surface area contributed by atoms with Gasteiger partial charge in [0.1, 0.15) is 11.6 Å². The number of hydrogen-bond donors (Lipinski definition) is 0. The summed E-state index contributed by atoms with van der Waals surface area (Å²) in [6.45, 7) is 0. The molecule has 0 amide bonds. The topological polar surface area (TPSA) is 9.86 Å². The summed E-state index contributed by atoms with van der Waals surface area (Å²) in [7, 11) is 0. The molecular weight excluding hydrogens is 851 g/mol. The number of hydrogen-bond acceptors (Lipinski definition) is 2. The average Bonchev–Trinajstić information content (AvgIpc) is 4.12. The van der Waals surface area contributed by atoms with Gasteiger partial charge in [0.25, 0.3) is 0 Å². The first kappa shape index (κ1) is 38.2. The fourth-order valence-corrected chi connectivity index (χ4v) is 14.2. The van der Waals surface area contributed by atoms with Crippen molar-refractivity contribution in [2.75, 3.05) is 0 Å². The minimum absolute atomic E-state index is 0.197. The maximum absolute atomic E-state index is 15.1. The summed E-state index contributed by atoms with van der Waals surface area (Å²) < 4.78 is 40.4. The number of para-hydroxylation sites is 2. The van der Waals surface area contributed by atoms with Gasteiger partial charge in [-0.05, 0) is 102 Å². The average molecular weight is 891 g/mol. The van der Waals surface area contributed by atoms with Gasteiger partial charge in [0, 0.05) is 73.0 Å². The monoisotopic (exact) mass is 890 g/mol. The molecule has 1 aliphatic carbocycles. The molecule has 316 valence electrons. The molecule has 1 aliphatic rings. The minimum atomic E-state index is -0.267. The molecule has 0 radical (unpaired) electrons. The Morgan fingerprint density at radius 1 is 0.394 bits per heavy atom. The maximum atomic E-state index is 15.1. The Bertz CT molecular complexity index is 3850. The molecule has 0 saturated heterocycles. The van der Waals surface area contributed by atoms with E-state index in [4.69, 9.17) is 0 Å². The quantitative estimate of drug-likeness (QED) is 0.163. The Morgan fingerprint density at radius 3 is 1.29 bits per heavy atom. The zero-order valence-electron chi connectivity index (χ0n) is 35.8. The third-order valence-corrected chi connectivity index (χ3v) is 16.9. The van der Waals surface area contributed by atoms with Crippen molar-refractivity contribution in [1.29, 1.82) is 0 Å². The van der Waals surface area contributed by atoms with Crippen molar-refractivity contribution >= 4 is 107 Å². The third-order valence-electron chi connectivity index (χ3n) is 14.4. The van der Waals surface area contributed by atoms with Crippen LogP contribution in [0.5, 0.6) is 0 Å². The van der Waals surface area contributed by atoms with Crippen LogP contribution in [-0.4, -0.2) is 9.13 Å². The van der Waals surface area contributed by atoms with Crippen molar-refractivity contribution in [3.63, 3.8) is 0 Å². The molecule has 0 spiro atoms. The summed E-state index contributed by atoms with van der Waals surface area (Å²) in [5, 5.41) is 9.93. The van der Waals surface area contributed by atoms with Crippen molar-refractivity contribution in [3.05, 3.63) is 193 Å². The maximum Gasteiger partial charge on any atom is 0.123 e. The Hall–Kier alpha value is -7.12. The van der Waals surface area contributed by atoms with E-state index < -0.39 is 0 Å². The minimum Gasteiger partial charge on any atom is -0.308 e. The molecule has 14 rings (SSSR count). The lowest BCUT2D eigenvalue weighted by Gasteiger charge is -2.32. The lowest BCUT2D eigenvalue weighted by Crippen LogP contribution is -2.13. The van der Waals surface area contributed by atoms with Gasteiger partial charge in [-0.15, -0.1) is 22.7 Å². The third kappa shape index (κ3) is 5.55. The van der Waals surface area contributed by atoms with Crippen LogP contribution in [-0.2, 0) is 0 Å². The molecule has 1 saturated carbocycles. The molecule has 13 aromatic rings. The van der Waals surface area contributed by atoms with E-state index in [-0.39, 0.29) is 17.6 Å². The first-order valence-electron chi connectivity index (χ1n) is 23.0. The fourth-order valence-electron chi connectivity index (χ4n) is 11.7. The predicted molar refractivity (Wildman–Crippen MR) is 278 cm³/mol. The summed E-state index contributed by atoms with van der Waals surface area (Å²) in [5.74, 6) is -0.337. The van der Waals surface area contributed by atoms with E-state index in [0.717, 1.165) is 81.4 Å². The number of fused-ring (bicyclic) bond motifs is 14. The first-order chi connectivity index (χ1) is 32.6. The van der Waals surface area contributed by atoms with Gasteiger partial charge in [0.05, 0.1) is 33.4 Å². The van der Waals surface area contributed by atoms with E-state index in [1.165, 1.54) is 73.9 Å². The number of benzene rings is 9. The second-order valence-corrected chi connectivity index (χ2v) is 20.1. The Labute approximate surface area is 387 Å². The highest BCUT2D eigenvalue weighted by molar-refractivity contribution is 7.27. The van der Waals surface area contributed by atoms with Gasteiger partial charge in [0.2, 0.25) is 0 Å². The van der Waals surface area contributed by atoms with Crippen molar-refractivity contribution < 1.29 is 8.78 Å². The van der Waals surface area contributed by atoms with Crippen LogP contribution in [0, 0.1) is 11.6 Å². The van der Waals surface area contributed by atoms with E-state index in [1.807, 2.05) is 46.9 Å². The van der Waals surface area contributed by atoms with E-state index in [1.54, 1.807) is 24.3 Å². The number of nitrogens with zero attached hydrogens (tertiary/aromatic N) is 2. The SMILES string of the molecule is Fc1ccc(-c2c(-n3c4ccccc4c4c5sc6ccccc6c5ccc43)cc(-n3c4ccccc4c4c5sc6ccccc6c5ccc43)c(-c3ccc(F)cc3)c2C2CCCCC2)cc1. The van der Waals surface area contributed by atoms with Crippen LogP contribution in [0.3, 0.4) is 0 Å². The molecule has 66 heavy (non-hydrogen) atoms. The van der Waals surface area contributed by atoms with Crippen LogP contribution in [0.4, 0.5) is 8.78 Å². The van der Waals surface area contributed by atoms with Crippen LogP contribution in [0.15, 0.2) is 176 Å². The largest absolute Gasteiger partial charge is 0.308 e. The zero-order valence-corrected chi connectivity index (χ0v) is 37.5. The summed E-state index contributed by atoms with van der Waals surface area (Å²) in [6.07, 6.45) is 5.48. The van der Waals surface area contributed by atoms with E-state index in [9.17, 15) is 0 Å². The van der Waals surface area contributed by atoms with Crippen molar-refractivity contribution in [1.82, 2.24) is 9.13 Å². The van der Waals surface area contributed by atoms with Crippen LogP contribution in [0.2, 0.25) is 0 Å². The number of rotatable bonds is 5. The molecule has 0 atom stereocenters. The number of thiophene rings is 2. The summed E-state index contributed by atoms with van der Waals surface area (Å²) in [5.41, 5.74) is 11.9.